The predicted octanol–water partition coefficient (Wildman–Crippen LogP) is 2.74. The number of ether oxygens (including phenoxy) is 4. The largest absolute Gasteiger partial charge is 0.493 e. The van der Waals surface area contributed by atoms with Gasteiger partial charge < -0.3 is 23.1 Å². The van der Waals surface area contributed by atoms with Crippen LogP contribution in [0.2, 0.25) is 0 Å². The Labute approximate surface area is 176 Å². The zero-order valence-corrected chi connectivity index (χ0v) is 17.4. The zero-order valence-electron chi connectivity index (χ0n) is 15.8. The van der Waals surface area contributed by atoms with Crippen molar-refractivity contribution >= 4 is 21.9 Å². The van der Waals surface area contributed by atoms with Crippen molar-refractivity contribution in [2.45, 2.75) is 0 Å². The van der Waals surface area contributed by atoms with E-state index in [4.69, 9.17) is 29.0 Å². The molecule has 30 heavy (non-hydrogen) atoms. The zero-order chi connectivity index (χ0) is 21.3. The highest BCUT2D eigenvalue weighted by Crippen LogP contribution is 2.46. The van der Waals surface area contributed by atoms with Gasteiger partial charge in [-0.2, -0.15) is 23.0 Å². The van der Waals surface area contributed by atoms with Crippen molar-refractivity contribution in [2.75, 3.05) is 21.0 Å². The molecule has 0 aliphatic carbocycles. The molecule has 158 valence electrons. The van der Waals surface area contributed by atoms with Crippen LogP contribution in [0.5, 0.6) is 28.7 Å². The van der Waals surface area contributed by atoms with Gasteiger partial charge in [0.25, 0.3) is 0 Å². The van der Waals surface area contributed by atoms with Crippen LogP contribution in [0.4, 0.5) is 0 Å². The minimum atomic E-state index is -4.43. The molecule has 0 saturated heterocycles. The van der Waals surface area contributed by atoms with Crippen molar-refractivity contribution < 1.29 is 35.8 Å². The van der Waals surface area contributed by atoms with E-state index in [9.17, 15) is 8.42 Å². The molecule has 4 rings (SSSR count). The van der Waals surface area contributed by atoms with Crippen LogP contribution in [0.25, 0.3) is 22.4 Å². The molecule has 1 aliphatic rings. The first-order valence-corrected chi connectivity index (χ1v) is 10.6. The second-order valence-electron chi connectivity index (χ2n) is 5.94. The van der Waals surface area contributed by atoms with Crippen molar-refractivity contribution in [2.24, 2.45) is 5.90 Å². The highest BCUT2D eigenvalue weighted by molar-refractivity contribution is 7.82. The molecule has 0 radical (unpaired) electrons. The van der Waals surface area contributed by atoms with E-state index >= 15 is 0 Å². The van der Waals surface area contributed by atoms with E-state index in [1.807, 2.05) is 5.38 Å². The second kappa shape index (κ2) is 7.99. The molecule has 0 spiro atoms. The maximum Gasteiger partial charge on any atom is 0.465 e. The molecule has 0 saturated carbocycles. The summed E-state index contributed by atoms with van der Waals surface area (Å²) in [4.78, 5) is 0. The number of hydrogen-bond acceptors (Lipinski definition) is 11. The smallest absolute Gasteiger partial charge is 0.465 e. The maximum atomic E-state index is 11.6. The van der Waals surface area contributed by atoms with E-state index in [0.717, 1.165) is 11.1 Å². The molecule has 2 heterocycles. The number of benzene rings is 2. The van der Waals surface area contributed by atoms with Gasteiger partial charge >= 0.3 is 10.4 Å². The van der Waals surface area contributed by atoms with Crippen LogP contribution in [0.15, 0.2) is 35.7 Å². The molecule has 3 aromatic rings. The molecule has 10 nitrogen and oxygen atoms in total. The van der Waals surface area contributed by atoms with Crippen LogP contribution >= 0.6 is 11.5 Å². The van der Waals surface area contributed by atoms with E-state index in [1.165, 1.54) is 31.8 Å². The third-order valence-corrected chi connectivity index (χ3v) is 5.53. The molecule has 1 aliphatic heterocycles. The van der Waals surface area contributed by atoms with Gasteiger partial charge in [0.2, 0.25) is 12.5 Å². The summed E-state index contributed by atoms with van der Waals surface area (Å²) < 4.78 is 58.0. The SMILES string of the molecule is COc1ccc(-c2csnc2-c2cc(OC)c3c(c2)OCO3)cc1OS(=O)(=O)ON. The molecular formula is C18H16N2O8S2. The number of rotatable bonds is 7. The van der Waals surface area contributed by atoms with E-state index in [0.29, 0.717) is 28.5 Å². The average Bonchev–Trinajstić information content (AvgIpc) is 3.42. The van der Waals surface area contributed by atoms with Crippen molar-refractivity contribution in [1.29, 1.82) is 0 Å². The van der Waals surface area contributed by atoms with Gasteiger partial charge in [-0.25, -0.2) is 0 Å². The lowest BCUT2D eigenvalue weighted by Crippen LogP contribution is -2.17. The van der Waals surface area contributed by atoms with E-state index in [2.05, 4.69) is 8.66 Å². The van der Waals surface area contributed by atoms with Crippen molar-refractivity contribution in [3.8, 4) is 51.1 Å². The van der Waals surface area contributed by atoms with Crippen molar-refractivity contribution in [3.05, 3.63) is 35.7 Å². The quantitative estimate of drug-likeness (QED) is 0.534. The molecule has 2 aromatic carbocycles. The fourth-order valence-corrected chi connectivity index (χ4v) is 4.06. The highest BCUT2D eigenvalue weighted by Gasteiger charge is 2.23. The Morgan fingerprint density at radius 1 is 1.03 bits per heavy atom. The Morgan fingerprint density at radius 2 is 1.80 bits per heavy atom. The van der Waals surface area contributed by atoms with Gasteiger partial charge in [-0.15, -0.1) is 0 Å². The van der Waals surface area contributed by atoms with Crippen molar-refractivity contribution in [1.82, 2.24) is 4.37 Å². The third-order valence-electron chi connectivity index (χ3n) is 4.29. The first kappa shape index (κ1) is 20.2. The first-order chi connectivity index (χ1) is 14.5. The van der Waals surface area contributed by atoms with Crippen LogP contribution in [-0.4, -0.2) is 33.8 Å². The van der Waals surface area contributed by atoms with Gasteiger partial charge in [-0.05, 0) is 41.4 Å². The van der Waals surface area contributed by atoms with Gasteiger partial charge in [-0.1, -0.05) is 6.07 Å². The summed E-state index contributed by atoms with van der Waals surface area (Å²) in [6.45, 7) is 0.107. The fourth-order valence-electron chi connectivity index (χ4n) is 2.96. The molecule has 2 N–H and O–H groups in total. The van der Waals surface area contributed by atoms with Crippen LogP contribution in [0.3, 0.4) is 0 Å². The fraction of sp³-hybridized carbons (Fsp3) is 0.167. The summed E-state index contributed by atoms with van der Waals surface area (Å²) in [6, 6.07) is 8.40. The maximum absolute atomic E-state index is 11.6. The minimum absolute atomic E-state index is 0.0825. The Balaban J connectivity index is 1.79. The van der Waals surface area contributed by atoms with Crippen molar-refractivity contribution in [3.63, 3.8) is 0 Å². The normalized spacial score (nSPS) is 12.6. The van der Waals surface area contributed by atoms with E-state index < -0.39 is 10.4 Å². The second-order valence-corrected chi connectivity index (χ2v) is 7.75. The molecular weight excluding hydrogens is 436 g/mol. The number of hydrogen-bond donors (Lipinski definition) is 1. The predicted molar refractivity (Wildman–Crippen MR) is 107 cm³/mol. The standard InChI is InChI=1S/C18H16N2O8S2/c1-23-13-4-3-10(5-14(13)27-30(21,22)28-19)12-8-29-20-17(12)11-6-15(24-2)18-16(7-11)25-9-26-18/h3-8H,9,19H2,1-2H3. The average molecular weight is 452 g/mol. The summed E-state index contributed by atoms with van der Waals surface area (Å²) in [7, 11) is -1.51. The van der Waals surface area contributed by atoms with Crippen LogP contribution in [0.1, 0.15) is 0 Å². The highest BCUT2D eigenvalue weighted by atomic mass is 32.3. The lowest BCUT2D eigenvalue weighted by molar-refractivity contribution is 0.171. The van der Waals surface area contributed by atoms with Gasteiger partial charge in [0.15, 0.2) is 23.0 Å². The summed E-state index contributed by atoms with van der Waals surface area (Å²) in [5, 5.41) is 1.83. The molecule has 1 aromatic heterocycles. The minimum Gasteiger partial charge on any atom is -0.493 e. The third kappa shape index (κ3) is 3.73. The van der Waals surface area contributed by atoms with Gasteiger partial charge in [0, 0.05) is 16.5 Å². The van der Waals surface area contributed by atoms with Gasteiger partial charge in [-0.3, -0.25) is 0 Å². The first-order valence-electron chi connectivity index (χ1n) is 8.39. The Bertz CT molecular complexity index is 1190. The molecule has 0 amide bonds. The molecule has 0 unspecified atom stereocenters. The molecule has 12 heteroatoms. The topological polar surface area (TPSA) is 128 Å². The lowest BCUT2D eigenvalue weighted by Gasteiger charge is -2.12. The molecule has 0 bridgehead atoms. The summed E-state index contributed by atoms with van der Waals surface area (Å²) in [5.41, 5.74) is 2.76. The number of nitrogens with two attached hydrogens (primary N) is 1. The molecule has 0 atom stereocenters. The van der Waals surface area contributed by atoms with E-state index in [1.54, 1.807) is 24.3 Å². The Morgan fingerprint density at radius 3 is 2.53 bits per heavy atom. The van der Waals surface area contributed by atoms with Gasteiger partial charge in [0.05, 0.1) is 19.9 Å². The van der Waals surface area contributed by atoms with Gasteiger partial charge in [0.1, 0.15) is 0 Å². The number of aromatic nitrogens is 1. The number of fused-ring (bicyclic) bond motifs is 1. The summed E-state index contributed by atoms with van der Waals surface area (Å²) in [6.07, 6.45) is 0. The van der Waals surface area contributed by atoms with E-state index in [-0.39, 0.29) is 18.3 Å². The van der Waals surface area contributed by atoms with Crippen LogP contribution < -0.4 is 29.0 Å². The lowest BCUT2D eigenvalue weighted by atomic mass is 10.0. The molecule has 0 fully saturated rings. The Hall–Kier alpha value is -3.06. The monoisotopic (exact) mass is 452 g/mol. The summed E-state index contributed by atoms with van der Waals surface area (Å²) in [5.74, 6) is 6.46. The Kier molecular flexibility index (Phi) is 5.39. The number of nitrogens with zero attached hydrogens (tertiary/aromatic N) is 1. The van der Waals surface area contributed by atoms with Crippen LogP contribution in [-0.2, 0) is 14.7 Å². The number of methoxy groups -OCH3 is 2. The van der Waals surface area contributed by atoms with Crippen LogP contribution in [0, 0.1) is 0 Å². The summed E-state index contributed by atoms with van der Waals surface area (Å²) >= 11 is 1.24.